The van der Waals surface area contributed by atoms with Gasteiger partial charge in [0.25, 0.3) is 0 Å². The Morgan fingerprint density at radius 3 is 2.58 bits per heavy atom. The summed E-state index contributed by atoms with van der Waals surface area (Å²) >= 11 is 7.81. The highest BCUT2D eigenvalue weighted by Crippen LogP contribution is 2.29. The Hall–Kier alpha value is -0.960. The number of benzene rings is 2. The predicted molar refractivity (Wildman–Crippen MR) is 82.8 cm³/mol. The summed E-state index contributed by atoms with van der Waals surface area (Å²) in [5, 5.41) is 10.3. The molecule has 0 radical (unpaired) electrons. The highest BCUT2D eigenvalue weighted by Gasteiger charge is 2.07. The fourth-order valence-corrected chi connectivity index (χ4v) is 3.10. The van der Waals surface area contributed by atoms with Crippen LogP contribution in [0.25, 0.3) is 0 Å². The molecule has 100 valence electrons. The van der Waals surface area contributed by atoms with Crippen molar-refractivity contribution in [3.05, 3.63) is 64.7 Å². The molecule has 1 atom stereocenters. The maximum atomic E-state index is 9.55. The summed E-state index contributed by atoms with van der Waals surface area (Å²) in [5.74, 6) is 0.926. The van der Waals surface area contributed by atoms with Gasteiger partial charge in [0.15, 0.2) is 0 Å². The molecule has 2 aromatic carbocycles. The van der Waals surface area contributed by atoms with E-state index in [9.17, 15) is 5.11 Å². The molecule has 19 heavy (non-hydrogen) atoms. The van der Waals surface area contributed by atoms with E-state index in [0.717, 1.165) is 16.3 Å². The first kappa shape index (κ1) is 14.4. The summed E-state index contributed by atoms with van der Waals surface area (Å²) in [6.45, 7) is 1.80. The summed E-state index contributed by atoms with van der Waals surface area (Å²) in [7, 11) is 0. The van der Waals surface area contributed by atoms with Gasteiger partial charge in [0.1, 0.15) is 0 Å². The van der Waals surface area contributed by atoms with Crippen molar-refractivity contribution >= 4 is 23.4 Å². The molecule has 0 spiro atoms. The lowest BCUT2D eigenvalue weighted by Gasteiger charge is -2.11. The van der Waals surface area contributed by atoms with Crippen molar-refractivity contribution in [2.45, 2.75) is 30.1 Å². The van der Waals surface area contributed by atoms with E-state index < -0.39 is 0 Å². The number of halogens is 1. The second kappa shape index (κ2) is 6.99. The average Bonchev–Trinajstić information content (AvgIpc) is 2.38. The van der Waals surface area contributed by atoms with Crippen molar-refractivity contribution in [1.82, 2.24) is 0 Å². The SMILES string of the molecule is CC(O)Cc1cc(Cl)ccc1SCc1ccccc1. The molecule has 0 heterocycles. The van der Waals surface area contributed by atoms with Gasteiger partial charge >= 0.3 is 0 Å². The molecule has 0 bridgehead atoms. The molecule has 2 aromatic rings. The molecule has 0 saturated heterocycles. The molecular formula is C16H17ClOS. The minimum atomic E-state index is -0.352. The predicted octanol–water partition coefficient (Wildman–Crippen LogP) is 4.56. The number of aliphatic hydroxyl groups is 1. The summed E-state index contributed by atoms with van der Waals surface area (Å²) in [4.78, 5) is 1.19. The van der Waals surface area contributed by atoms with Crippen molar-refractivity contribution in [3.63, 3.8) is 0 Å². The third-order valence-corrected chi connectivity index (χ3v) is 4.20. The van der Waals surface area contributed by atoms with Crippen LogP contribution in [0.1, 0.15) is 18.1 Å². The van der Waals surface area contributed by atoms with Crippen molar-refractivity contribution in [3.8, 4) is 0 Å². The van der Waals surface area contributed by atoms with Crippen LogP contribution in [0.5, 0.6) is 0 Å². The molecule has 0 aliphatic rings. The number of hydrogen-bond acceptors (Lipinski definition) is 2. The number of rotatable bonds is 5. The van der Waals surface area contributed by atoms with E-state index in [1.165, 1.54) is 10.5 Å². The van der Waals surface area contributed by atoms with Crippen molar-refractivity contribution < 1.29 is 5.11 Å². The summed E-state index contributed by atoms with van der Waals surface area (Å²) in [6.07, 6.45) is 0.284. The number of aliphatic hydroxyl groups excluding tert-OH is 1. The van der Waals surface area contributed by atoms with Crippen LogP contribution in [-0.2, 0) is 12.2 Å². The normalized spacial score (nSPS) is 12.4. The summed E-state index contributed by atoms with van der Waals surface area (Å²) < 4.78 is 0. The van der Waals surface area contributed by atoms with Gasteiger partial charge in [0, 0.05) is 15.7 Å². The monoisotopic (exact) mass is 292 g/mol. The van der Waals surface area contributed by atoms with Crippen LogP contribution in [0, 0.1) is 0 Å². The van der Waals surface area contributed by atoms with E-state index in [0.29, 0.717) is 6.42 Å². The van der Waals surface area contributed by atoms with Gasteiger partial charge in [0.05, 0.1) is 6.10 Å². The van der Waals surface area contributed by atoms with E-state index >= 15 is 0 Å². The Balaban J connectivity index is 2.11. The van der Waals surface area contributed by atoms with Gasteiger partial charge < -0.3 is 5.11 Å². The quantitative estimate of drug-likeness (QED) is 0.816. The van der Waals surface area contributed by atoms with Gasteiger partial charge in [-0.15, -0.1) is 11.8 Å². The second-order valence-corrected chi connectivity index (χ2v) is 6.03. The van der Waals surface area contributed by atoms with E-state index in [-0.39, 0.29) is 6.10 Å². The topological polar surface area (TPSA) is 20.2 Å². The van der Waals surface area contributed by atoms with E-state index in [1.54, 1.807) is 18.7 Å². The first-order chi connectivity index (χ1) is 9.15. The van der Waals surface area contributed by atoms with Gasteiger partial charge in [-0.2, -0.15) is 0 Å². The Morgan fingerprint density at radius 2 is 1.89 bits per heavy atom. The number of hydrogen-bond donors (Lipinski definition) is 1. The van der Waals surface area contributed by atoms with Crippen molar-refractivity contribution in [2.24, 2.45) is 0 Å². The standard InChI is InChI=1S/C16H17ClOS/c1-12(18)9-14-10-15(17)7-8-16(14)19-11-13-5-3-2-4-6-13/h2-8,10,12,18H,9,11H2,1H3. The third-order valence-electron chi connectivity index (χ3n) is 2.78. The van der Waals surface area contributed by atoms with E-state index in [2.05, 4.69) is 24.3 Å². The fourth-order valence-electron chi connectivity index (χ4n) is 1.90. The van der Waals surface area contributed by atoms with Crippen LogP contribution < -0.4 is 0 Å². The Morgan fingerprint density at radius 1 is 1.16 bits per heavy atom. The highest BCUT2D eigenvalue weighted by atomic mass is 35.5. The highest BCUT2D eigenvalue weighted by molar-refractivity contribution is 7.98. The first-order valence-electron chi connectivity index (χ1n) is 6.28. The Labute approximate surface area is 123 Å². The Bertz CT molecular complexity index is 526. The minimum Gasteiger partial charge on any atom is -0.393 e. The van der Waals surface area contributed by atoms with Crippen molar-refractivity contribution in [1.29, 1.82) is 0 Å². The van der Waals surface area contributed by atoms with Gasteiger partial charge in [0.2, 0.25) is 0 Å². The van der Waals surface area contributed by atoms with Gasteiger partial charge in [-0.05, 0) is 42.7 Å². The molecule has 2 rings (SSSR count). The maximum Gasteiger partial charge on any atom is 0.0552 e. The fraction of sp³-hybridized carbons (Fsp3) is 0.250. The summed E-state index contributed by atoms with van der Waals surface area (Å²) in [5.41, 5.74) is 2.41. The molecule has 0 aromatic heterocycles. The lowest BCUT2D eigenvalue weighted by atomic mass is 10.1. The zero-order valence-corrected chi connectivity index (χ0v) is 12.4. The van der Waals surface area contributed by atoms with Crippen LogP contribution in [0.2, 0.25) is 5.02 Å². The van der Waals surface area contributed by atoms with Crippen LogP contribution in [0.4, 0.5) is 0 Å². The molecular weight excluding hydrogens is 276 g/mol. The molecule has 1 unspecified atom stereocenters. The van der Waals surface area contributed by atoms with Crippen LogP contribution in [0.15, 0.2) is 53.4 Å². The zero-order chi connectivity index (χ0) is 13.7. The number of thioether (sulfide) groups is 1. The minimum absolute atomic E-state index is 0.352. The smallest absolute Gasteiger partial charge is 0.0552 e. The third kappa shape index (κ3) is 4.57. The molecule has 0 amide bonds. The zero-order valence-electron chi connectivity index (χ0n) is 10.8. The lowest BCUT2D eigenvalue weighted by Crippen LogP contribution is -2.05. The van der Waals surface area contributed by atoms with Crippen LogP contribution >= 0.6 is 23.4 Å². The molecule has 0 aliphatic heterocycles. The van der Waals surface area contributed by atoms with Crippen LogP contribution in [0.3, 0.4) is 0 Å². The largest absolute Gasteiger partial charge is 0.393 e. The van der Waals surface area contributed by atoms with Gasteiger partial charge in [-0.25, -0.2) is 0 Å². The average molecular weight is 293 g/mol. The second-order valence-electron chi connectivity index (χ2n) is 4.58. The lowest BCUT2D eigenvalue weighted by molar-refractivity contribution is 0.195. The summed E-state index contributed by atoms with van der Waals surface area (Å²) in [6, 6.07) is 16.3. The van der Waals surface area contributed by atoms with Crippen molar-refractivity contribution in [2.75, 3.05) is 0 Å². The molecule has 0 saturated carbocycles. The van der Waals surface area contributed by atoms with E-state index in [4.69, 9.17) is 11.6 Å². The molecule has 1 N–H and O–H groups in total. The molecule has 1 nitrogen and oxygen atoms in total. The molecule has 3 heteroatoms. The van der Waals surface area contributed by atoms with Gasteiger partial charge in [-0.1, -0.05) is 41.9 Å². The first-order valence-corrected chi connectivity index (χ1v) is 7.64. The molecule has 0 aliphatic carbocycles. The van der Waals surface area contributed by atoms with Gasteiger partial charge in [-0.3, -0.25) is 0 Å². The Kier molecular flexibility index (Phi) is 5.32. The van der Waals surface area contributed by atoms with Crippen LogP contribution in [-0.4, -0.2) is 11.2 Å². The van der Waals surface area contributed by atoms with E-state index in [1.807, 2.05) is 24.3 Å². The maximum absolute atomic E-state index is 9.55. The molecule has 0 fully saturated rings.